The Hall–Kier alpha value is -2.72. The average Bonchev–Trinajstić information content (AvgIpc) is 3.25. The fourth-order valence-corrected chi connectivity index (χ4v) is 3.42. The number of hydrogen-bond donors (Lipinski definition) is 0. The molecule has 0 aliphatic heterocycles. The highest BCUT2D eigenvalue weighted by Crippen LogP contribution is 2.32. The summed E-state index contributed by atoms with van der Waals surface area (Å²) in [6, 6.07) is 18.5. The number of rotatable bonds is 3. The van der Waals surface area contributed by atoms with Gasteiger partial charge in [-0.25, -0.2) is 9.67 Å². The molecule has 0 aliphatic rings. The Morgan fingerprint density at radius 1 is 0.870 bits per heavy atom. The van der Waals surface area contributed by atoms with Crippen molar-refractivity contribution in [2.45, 2.75) is 6.92 Å². The lowest BCUT2D eigenvalue weighted by molar-refractivity contribution is 0.873. The lowest BCUT2D eigenvalue weighted by atomic mass is 10.2. The predicted octanol–water partition coefficient (Wildman–Crippen LogP) is 4.97. The number of aryl methyl sites for hydroxylation is 1. The fraction of sp³-hybridized carbons (Fsp3) is 0.0526. The monoisotopic (exact) mass is 317 g/mol. The molecule has 4 rings (SSSR count). The molecular formula is C19H15N3S. The van der Waals surface area contributed by atoms with Gasteiger partial charge in [-0.1, -0.05) is 48.5 Å². The smallest absolute Gasteiger partial charge is 0.123 e. The number of benzene rings is 2. The van der Waals surface area contributed by atoms with Crippen molar-refractivity contribution in [2.24, 2.45) is 0 Å². The van der Waals surface area contributed by atoms with Gasteiger partial charge >= 0.3 is 0 Å². The molecule has 2 aromatic carbocycles. The number of nitrogens with zero attached hydrogens (tertiary/aromatic N) is 3. The summed E-state index contributed by atoms with van der Waals surface area (Å²) in [5.41, 5.74) is 4.55. The Kier molecular flexibility index (Phi) is 3.52. The molecule has 0 atom stereocenters. The van der Waals surface area contributed by atoms with Crippen LogP contribution in [-0.4, -0.2) is 14.8 Å². The van der Waals surface area contributed by atoms with E-state index in [2.05, 4.69) is 47.5 Å². The van der Waals surface area contributed by atoms with E-state index in [1.807, 2.05) is 47.4 Å². The van der Waals surface area contributed by atoms with Crippen LogP contribution < -0.4 is 0 Å². The Morgan fingerprint density at radius 2 is 1.65 bits per heavy atom. The van der Waals surface area contributed by atoms with Gasteiger partial charge in [-0.3, -0.25) is 0 Å². The SMILES string of the molecule is Cc1ccccc1-n1cc(-c2cnc(-c3ccccc3)s2)cn1. The zero-order valence-corrected chi connectivity index (χ0v) is 13.5. The van der Waals surface area contributed by atoms with Crippen LogP contribution in [-0.2, 0) is 0 Å². The summed E-state index contributed by atoms with van der Waals surface area (Å²) >= 11 is 1.69. The first-order valence-corrected chi connectivity index (χ1v) is 8.25. The molecule has 0 saturated carbocycles. The summed E-state index contributed by atoms with van der Waals surface area (Å²) in [6.07, 6.45) is 5.88. The third kappa shape index (κ3) is 2.69. The normalized spacial score (nSPS) is 10.8. The molecule has 0 bridgehead atoms. The third-order valence-electron chi connectivity index (χ3n) is 3.76. The third-order valence-corrected chi connectivity index (χ3v) is 4.85. The fourth-order valence-electron chi connectivity index (χ4n) is 2.52. The predicted molar refractivity (Wildman–Crippen MR) is 94.8 cm³/mol. The Labute approximate surface area is 138 Å². The lowest BCUT2D eigenvalue weighted by Crippen LogP contribution is -1.96. The lowest BCUT2D eigenvalue weighted by Gasteiger charge is -2.04. The molecule has 0 N–H and O–H groups in total. The Morgan fingerprint density at radius 3 is 2.48 bits per heavy atom. The minimum Gasteiger partial charge on any atom is -0.244 e. The van der Waals surface area contributed by atoms with Crippen LogP contribution >= 0.6 is 11.3 Å². The molecule has 0 saturated heterocycles. The second-order valence-corrected chi connectivity index (χ2v) is 6.39. The zero-order chi connectivity index (χ0) is 15.6. The summed E-state index contributed by atoms with van der Waals surface area (Å²) in [7, 11) is 0. The van der Waals surface area contributed by atoms with Crippen LogP contribution in [0, 0.1) is 6.92 Å². The van der Waals surface area contributed by atoms with Crippen molar-refractivity contribution in [2.75, 3.05) is 0 Å². The zero-order valence-electron chi connectivity index (χ0n) is 12.7. The van der Waals surface area contributed by atoms with Gasteiger partial charge in [0, 0.05) is 23.5 Å². The quantitative estimate of drug-likeness (QED) is 0.534. The summed E-state index contributed by atoms with van der Waals surface area (Å²) in [6.45, 7) is 2.09. The maximum atomic E-state index is 4.54. The van der Waals surface area contributed by atoms with Crippen molar-refractivity contribution in [3.8, 4) is 26.7 Å². The Balaban J connectivity index is 1.68. The maximum Gasteiger partial charge on any atom is 0.123 e. The maximum absolute atomic E-state index is 4.54. The van der Waals surface area contributed by atoms with Crippen LogP contribution in [0.25, 0.3) is 26.7 Å². The standard InChI is InChI=1S/C19H15N3S/c1-14-7-5-6-10-17(14)22-13-16(11-21-22)18-12-20-19(23-18)15-8-3-2-4-9-15/h2-13H,1H3. The van der Waals surface area contributed by atoms with E-state index in [1.165, 1.54) is 5.56 Å². The van der Waals surface area contributed by atoms with Crippen molar-refractivity contribution in [3.05, 3.63) is 78.8 Å². The van der Waals surface area contributed by atoms with Crippen molar-refractivity contribution >= 4 is 11.3 Å². The van der Waals surface area contributed by atoms with Gasteiger partial charge in [0.15, 0.2) is 0 Å². The number of hydrogen-bond acceptors (Lipinski definition) is 3. The van der Waals surface area contributed by atoms with Gasteiger partial charge < -0.3 is 0 Å². The molecule has 0 aliphatic carbocycles. The largest absolute Gasteiger partial charge is 0.244 e. The molecule has 112 valence electrons. The highest BCUT2D eigenvalue weighted by molar-refractivity contribution is 7.18. The van der Waals surface area contributed by atoms with E-state index in [9.17, 15) is 0 Å². The molecule has 4 aromatic rings. The van der Waals surface area contributed by atoms with Crippen LogP contribution in [0.5, 0.6) is 0 Å². The second kappa shape index (κ2) is 5.82. The van der Waals surface area contributed by atoms with Gasteiger partial charge in [-0.2, -0.15) is 5.10 Å². The van der Waals surface area contributed by atoms with Crippen LogP contribution in [0.2, 0.25) is 0 Å². The van der Waals surface area contributed by atoms with Gasteiger partial charge in [-0.05, 0) is 18.6 Å². The Bertz CT molecular complexity index is 938. The highest BCUT2D eigenvalue weighted by Gasteiger charge is 2.09. The molecule has 0 spiro atoms. The van der Waals surface area contributed by atoms with E-state index in [-0.39, 0.29) is 0 Å². The van der Waals surface area contributed by atoms with Crippen molar-refractivity contribution in [3.63, 3.8) is 0 Å². The highest BCUT2D eigenvalue weighted by atomic mass is 32.1. The van der Waals surface area contributed by atoms with E-state index in [1.54, 1.807) is 11.3 Å². The molecular weight excluding hydrogens is 302 g/mol. The van der Waals surface area contributed by atoms with Gasteiger partial charge in [0.05, 0.1) is 16.8 Å². The van der Waals surface area contributed by atoms with Crippen molar-refractivity contribution in [1.82, 2.24) is 14.8 Å². The molecule has 0 unspecified atom stereocenters. The minimum absolute atomic E-state index is 1.03. The number of aromatic nitrogens is 3. The second-order valence-electron chi connectivity index (χ2n) is 5.36. The molecule has 23 heavy (non-hydrogen) atoms. The molecule has 3 nitrogen and oxygen atoms in total. The first-order chi connectivity index (χ1) is 11.3. The molecule has 0 amide bonds. The van der Waals surface area contributed by atoms with E-state index in [0.29, 0.717) is 0 Å². The van der Waals surface area contributed by atoms with E-state index in [0.717, 1.165) is 26.7 Å². The van der Waals surface area contributed by atoms with Crippen molar-refractivity contribution in [1.29, 1.82) is 0 Å². The summed E-state index contributed by atoms with van der Waals surface area (Å²) in [5.74, 6) is 0. The van der Waals surface area contributed by atoms with Crippen LogP contribution in [0.4, 0.5) is 0 Å². The van der Waals surface area contributed by atoms with Crippen molar-refractivity contribution < 1.29 is 0 Å². The number of para-hydroxylation sites is 1. The first kappa shape index (κ1) is 13.9. The average molecular weight is 317 g/mol. The molecule has 4 heteroatoms. The first-order valence-electron chi connectivity index (χ1n) is 7.43. The topological polar surface area (TPSA) is 30.7 Å². The van der Waals surface area contributed by atoms with Gasteiger partial charge in [-0.15, -0.1) is 11.3 Å². The van der Waals surface area contributed by atoms with Gasteiger partial charge in [0.2, 0.25) is 0 Å². The van der Waals surface area contributed by atoms with E-state index in [4.69, 9.17) is 0 Å². The molecule has 2 heterocycles. The van der Waals surface area contributed by atoms with Gasteiger partial charge in [0.1, 0.15) is 5.01 Å². The summed E-state index contributed by atoms with van der Waals surface area (Å²) in [5, 5.41) is 5.53. The van der Waals surface area contributed by atoms with Crippen LogP contribution in [0.3, 0.4) is 0 Å². The van der Waals surface area contributed by atoms with Crippen LogP contribution in [0.1, 0.15) is 5.56 Å². The molecule has 2 aromatic heterocycles. The number of thiazole rings is 1. The minimum atomic E-state index is 1.03. The van der Waals surface area contributed by atoms with E-state index >= 15 is 0 Å². The molecule has 0 fully saturated rings. The van der Waals surface area contributed by atoms with Gasteiger partial charge in [0.25, 0.3) is 0 Å². The summed E-state index contributed by atoms with van der Waals surface area (Å²) in [4.78, 5) is 5.67. The van der Waals surface area contributed by atoms with Crippen LogP contribution in [0.15, 0.2) is 73.2 Å². The molecule has 0 radical (unpaired) electrons. The summed E-state index contributed by atoms with van der Waals surface area (Å²) < 4.78 is 1.92. The van der Waals surface area contributed by atoms with E-state index < -0.39 is 0 Å².